The molecule has 7 heteroatoms. The summed E-state index contributed by atoms with van der Waals surface area (Å²) in [4.78, 5) is 26.4. The minimum atomic E-state index is -0.387. The van der Waals surface area contributed by atoms with Crippen LogP contribution in [0.15, 0.2) is 87.9 Å². The first-order valence-corrected chi connectivity index (χ1v) is 10.4. The van der Waals surface area contributed by atoms with E-state index in [0.717, 1.165) is 22.0 Å². The van der Waals surface area contributed by atoms with Gasteiger partial charge in [0.2, 0.25) is 5.91 Å². The van der Waals surface area contributed by atoms with E-state index < -0.39 is 0 Å². The Kier molecular flexibility index (Phi) is 5.99. The zero-order valence-electron chi connectivity index (χ0n) is 16.2. The number of halogens is 1. The summed E-state index contributed by atoms with van der Waals surface area (Å²) in [6, 6.07) is 19.3. The van der Waals surface area contributed by atoms with Crippen LogP contribution in [0.4, 0.5) is 15.8 Å². The topological polar surface area (TPSA) is 66.7 Å². The molecule has 0 saturated heterocycles. The van der Waals surface area contributed by atoms with Crippen LogP contribution in [-0.2, 0) is 4.79 Å². The highest BCUT2D eigenvalue weighted by Gasteiger charge is 2.26. The molecule has 0 radical (unpaired) electrons. The minimum absolute atomic E-state index is 0.191. The predicted molar refractivity (Wildman–Crippen MR) is 119 cm³/mol. The maximum absolute atomic E-state index is 13.5. The molecule has 3 aromatic rings. The average Bonchev–Trinajstić information content (AvgIpc) is 2.89. The number of hydrogen-bond donors (Lipinski definition) is 1. The van der Waals surface area contributed by atoms with E-state index in [0.29, 0.717) is 11.5 Å². The van der Waals surface area contributed by atoms with Crippen molar-refractivity contribution in [2.75, 3.05) is 5.75 Å². The number of carbonyl (C=O) groups excluding carboxylic acids is 1. The fraction of sp³-hybridized carbons (Fsp3) is 0.130. The summed E-state index contributed by atoms with van der Waals surface area (Å²) >= 11 is 1.35. The van der Waals surface area contributed by atoms with Crippen molar-refractivity contribution < 1.29 is 9.18 Å². The number of hydrogen-bond acceptors (Lipinski definition) is 5. The molecule has 2 aromatic carbocycles. The van der Waals surface area contributed by atoms with Gasteiger partial charge in [0, 0.05) is 11.9 Å². The Hall–Kier alpha value is -3.32. The van der Waals surface area contributed by atoms with Gasteiger partial charge in [-0.2, -0.15) is 0 Å². The van der Waals surface area contributed by atoms with Crippen LogP contribution in [-0.4, -0.2) is 28.2 Å². The lowest BCUT2D eigenvalue weighted by atomic mass is 9.93. The van der Waals surface area contributed by atoms with Crippen molar-refractivity contribution in [2.24, 2.45) is 9.98 Å². The molecule has 150 valence electrons. The highest BCUT2D eigenvalue weighted by Crippen LogP contribution is 2.34. The standard InChI is InChI=1S/C23H19FN4OS/c1-15-22(16-9-11-17(24)12-10-16)23(27-19-7-3-2-6-18(19)26-15)28-20(29)14-30-21-8-4-5-13-25-21/h2-13,22H,14H2,1H3,(H,27,28,29)/t22-/m1/s1. The highest BCUT2D eigenvalue weighted by atomic mass is 32.2. The normalized spacial score (nSPS) is 15.5. The van der Waals surface area contributed by atoms with Gasteiger partial charge < -0.3 is 5.32 Å². The van der Waals surface area contributed by atoms with Gasteiger partial charge in [-0.05, 0) is 48.9 Å². The molecule has 0 saturated carbocycles. The summed E-state index contributed by atoms with van der Waals surface area (Å²) in [6.07, 6.45) is 1.69. The maximum Gasteiger partial charge on any atom is 0.235 e. The monoisotopic (exact) mass is 418 g/mol. The molecule has 2 heterocycles. The van der Waals surface area contributed by atoms with E-state index in [1.807, 2.05) is 49.4 Å². The Labute approximate surface area is 178 Å². The summed E-state index contributed by atoms with van der Waals surface area (Å²) in [5.74, 6) is -0.228. The van der Waals surface area contributed by atoms with Gasteiger partial charge >= 0.3 is 0 Å². The number of thioether (sulfide) groups is 1. The second-order valence-corrected chi connectivity index (χ2v) is 7.72. The first-order chi connectivity index (χ1) is 14.6. The van der Waals surface area contributed by atoms with E-state index in [4.69, 9.17) is 9.98 Å². The third kappa shape index (κ3) is 4.63. The number of amidine groups is 1. The maximum atomic E-state index is 13.5. The van der Waals surface area contributed by atoms with E-state index in [-0.39, 0.29) is 23.4 Å². The Bertz CT molecular complexity index is 1110. The Morgan fingerprint density at radius 1 is 1.00 bits per heavy atom. The number of nitrogens with zero attached hydrogens (tertiary/aromatic N) is 3. The average molecular weight is 418 g/mol. The molecular formula is C23H19FN4OS. The number of benzene rings is 2. The Morgan fingerprint density at radius 3 is 2.40 bits per heavy atom. The molecule has 0 fully saturated rings. The van der Waals surface area contributed by atoms with Crippen LogP contribution >= 0.6 is 11.8 Å². The zero-order valence-corrected chi connectivity index (χ0v) is 17.1. The van der Waals surface area contributed by atoms with E-state index in [1.54, 1.807) is 18.3 Å². The molecule has 0 unspecified atom stereocenters. The van der Waals surface area contributed by atoms with Crippen molar-refractivity contribution in [2.45, 2.75) is 17.9 Å². The second kappa shape index (κ2) is 9.00. The quantitative estimate of drug-likeness (QED) is 0.603. The van der Waals surface area contributed by atoms with Crippen molar-refractivity contribution in [3.8, 4) is 0 Å². The zero-order chi connectivity index (χ0) is 20.9. The SMILES string of the molecule is CC1=Nc2ccccc2N=C(NC(=O)CSc2ccccn2)[C@H]1c1ccc(F)cc1. The molecule has 4 rings (SSSR count). The van der Waals surface area contributed by atoms with Crippen LogP contribution in [0.5, 0.6) is 0 Å². The fourth-order valence-corrected chi connectivity index (χ4v) is 3.87. The Balaban J connectivity index is 1.64. The molecule has 5 nitrogen and oxygen atoms in total. The summed E-state index contributed by atoms with van der Waals surface area (Å²) in [7, 11) is 0. The van der Waals surface area contributed by atoms with Gasteiger partial charge in [0.05, 0.1) is 28.1 Å². The van der Waals surface area contributed by atoms with Gasteiger partial charge in [0.1, 0.15) is 11.7 Å². The molecular weight excluding hydrogens is 399 g/mol. The molecule has 1 aromatic heterocycles. The number of fused-ring (bicyclic) bond motifs is 1. The second-order valence-electron chi connectivity index (χ2n) is 6.73. The fourth-order valence-electron chi connectivity index (χ4n) is 3.21. The van der Waals surface area contributed by atoms with Crippen LogP contribution in [0.25, 0.3) is 0 Å². The largest absolute Gasteiger partial charge is 0.313 e. The molecule has 30 heavy (non-hydrogen) atoms. The summed E-state index contributed by atoms with van der Waals surface area (Å²) in [5, 5.41) is 3.72. The molecule has 1 atom stereocenters. The number of aliphatic imine (C=N–C) groups is 2. The number of nitrogens with one attached hydrogen (secondary N) is 1. The summed E-state index contributed by atoms with van der Waals surface area (Å²) in [6.45, 7) is 1.89. The smallest absolute Gasteiger partial charge is 0.235 e. The van der Waals surface area contributed by atoms with Gasteiger partial charge in [-0.25, -0.2) is 14.4 Å². The molecule has 1 aliphatic rings. The molecule has 0 bridgehead atoms. The van der Waals surface area contributed by atoms with Crippen molar-refractivity contribution in [3.05, 3.63) is 84.3 Å². The van der Waals surface area contributed by atoms with Gasteiger partial charge in [-0.1, -0.05) is 42.1 Å². The first kappa shape index (κ1) is 20.0. The Morgan fingerprint density at radius 2 is 1.70 bits per heavy atom. The number of rotatable bonds is 4. The molecule has 1 amide bonds. The molecule has 1 aliphatic heterocycles. The van der Waals surface area contributed by atoms with E-state index in [2.05, 4.69) is 10.3 Å². The van der Waals surface area contributed by atoms with Crippen LogP contribution in [0.3, 0.4) is 0 Å². The summed E-state index contributed by atoms with van der Waals surface area (Å²) in [5.41, 5.74) is 2.98. The number of aromatic nitrogens is 1. The molecule has 1 N–H and O–H groups in total. The number of para-hydroxylation sites is 2. The van der Waals surface area contributed by atoms with Crippen molar-refractivity contribution in [1.29, 1.82) is 0 Å². The summed E-state index contributed by atoms with van der Waals surface area (Å²) < 4.78 is 13.5. The third-order valence-electron chi connectivity index (χ3n) is 4.57. The van der Waals surface area contributed by atoms with Crippen molar-refractivity contribution in [3.63, 3.8) is 0 Å². The molecule has 0 aliphatic carbocycles. The molecule has 0 spiro atoms. The van der Waals surface area contributed by atoms with Gasteiger partial charge in [0.15, 0.2) is 0 Å². The van der Waals surface area contributed by atoms with E-state index in [9.17, 15) is 9.18 Å². The number of pyridine rings is 1. The van der Waals surface area contributed by atoms with Gasteiger partial charge in [-0.15, -0.1) is 0 Å². The van der Waals surface area contributed by atoms with Gasteiger partial charge in [-0.3, -0.25) is 9.79 Å². The number of carbonyl (C=O) groups is 1. The predicted octanol–water partition coefficient (Wildman–Crippen LogP) is 5.05. The van der Waals surface area contributed by atoms with E-state index in [1.165, 1.54) is 23.9 Å². The van der Waals surface area contributed by atoms with Crippen molar-refractivity contribution in [1.82, 2.24) is 10.3 Å². The lowest BCUT2D eigenvalue weighted by Crippen LogP contribution is -2.38. The minimum Gasteiger partial charge on any atom is -0.313 e. The first-order valence-electron chi connectivity index (χ1n) is 9.42. The van der Waals surface area contributed by atoms with Crippen LogP contribution in [0.1, 0.15) is 18.4 Å². The van der Waals surface area contributed by atoms with Gasteiger partial charge in [0.25, 0.3) is 0 Å². The van der Waals surface area contributed by atoms with E-state index >= 15 is 0 Å². The lowest BCUT2D eigenvalue weighted by molar-refractivity contribution is -0.117. The third-order valence-corrected chi connectivity index (χ3v) is 5.51. The van der Waals surface area contributed by atoms with Crippen LogP contribution in [0, 0.1) is 5.82 Å². The van der Waals surface area contributed by atoms with Crippen LogP contribution in [0.2, 0.25) is 0 Å². The highest BCUT2D eigenvalue weighted by molar-refractivity contribution is 7.99. The lowest BCUT2D eigenvalue weighted by Gasteiger charge is -2.19. The number of amides is 1. The van der Waals surface area contributed by atoms with Crippen molar-refractivity contribution >= 4 is 40.6 Å². The van der Waals surface area contributed by atoms with Crippen LogP contribution < -0.4 is 5.32 Å².